The number of para-hydroxylation sites is 2. The third-order valence-corrected chi connectivity index (χ3v) is 9.67. The summed E-state index contributed by atoms with van der Waals surface area (Å²) in [6.07, 6.45) is 6.33. The van der Waals surface area contributed by atoms with Gasteiger partial charge in [-0.25, -0.2) is 4.39 Å². The SMILES string of the molecule is CN(C)c1ccc2c(c1)B1c3ccccc3N(c3ccc(F)cc3)c3cc(C4CCCCC4)cc(c31)N2c1ccccc1. The molecule has 8 rings (SSSR count). The van der Waals surface area contributed by atoms with E-state index in [1.54, 1.807) is 12.1 Å². The summed E-state index contributed by atoms with van der Waals surface area (Å²) in [5.74, 6) is 0.321. The lowest BCUT2D eigenvalue weighted by atomic mass is 9.33. The number of rotatable bonds is 4. The molecule has 5 aromatic rings. The molecule has 1 saturated carbocycles. The van der Waals surface area contributed by atoms with Gasteiger partial charge in [0.05, 0.1) is 0 Å². The highest BCUT2D eigenvalue weighted by Crippen LogP contribution is 2.46. The van der Waals surface area contributed by atoms with Crippen molar-refractivity contribution in [3.63, 3.8) is 0 Å². The van der Waals surface area contributed by atoms with Gasteiger partial charge in [0.15, 0.2) is 0 Å². The first-order chi connectivity index (χ1) is 21.1. The Balaban J connectivity index is 1.47. The van der Waals surface area contributed by atoms with Crippen molar-refractivity contribution in [3.8, 4) is 0 Å². The van der Waals surface area contributed by atoms with Crippen LogP contribution in [-0.2, 0) is 0 Å². The molecule has 3 aliphatic rings. The van der Waals surface area contributed by atoms with E-state index in [4.69, 9.17) is 0 Å². The summed E-state index contributed by atoms with van der Waals surface area (Å²) in [6.45, 7) is 0.0770. The summed E-state index contributed by atoms with van der Waals surface area (Å²) in [4.78, 5) is 7.04. The van der Waals surface area contributed by atoms with Gasteiger partial charge in [0, 0.05) is 53.9 Å². The zero-order valence-corrected chi connectivity index (χ0v) is 24.8. The lowest BCUT2D eigenvalue weighted by Crippen LogP contribution is -2.61. The highest BCUT2D eigenvalue weighted by atomic mass is 19.1. The van der Waals surface area contributed by atoms with Gasteiger partial charge in [-0.3, -0.25) is 0 Å². The fraction of sp³-hybridized carbons (Fsp3) is 0.211. The minimum atomic E-state index is -0.217. The maximum absolute atomic E-state index is 14.2. The van der Waals surface area contributed by atoms with E-state index in [9.17, 15) is 4.39 Å². The van der Waals surface area contributed by atoms with Crippen molar-refractivity contribution in [2.75, 3.05) is 28.8 Å². The standard InChI is InChI=1S/C38H35BFN3/c1-41(2)31-21-22-35-33(25-31)39-32-15-9-10-16-34(32)43(30-19-17-28(40)18-20-30)37-24-27(26-11-5-3-6-12-26)23-36(38(37)39)42(35)29-13-7-4-8-14-29/h4,7-10,13-26H,3,5-6,11-12H2,1-2H3. The number of hydrogen-bond donors (Lipinski definition) is 0. The van der Waals surface area contributed by atoms with Crippen molar-refractivity contribution in [2.24, 2.45) is 0 Å². The van der Waals surface area contributed by atoms with Gasteiger partial charge < -0.3 is 14.7 Å². The van der Waals surface area contributed by atoms with Crippen LogP contribution < -0.4 is 31.1 Å². The Hall–Kier alpha value is -4.51. The monoisotopic (exact) mass is 563 g/mol. The molecule has 0 aromatic heterocycles. The topological polar surface area (TPSA) is 9.72 Å². The highest BCUT2D eigenvalue weighted by Gasteiger charge is 2.43. The van der Waals surface area contributed by atoms with Gasteiger partial charge in [-0.15, -0.1) is 0 Å². The maximum atomic E-state index is 14.2. The first kappa shape index (κ1) is 26.1. The van der Waals surface area contributed by atoms with E-state index in [0.29, 0.717) is 5.92 Å². The molecule has 0 bridgehead atoms. The van der Waals surface area contributed by atoms with Gasteiger partial charge in [-0.05, 0) is 114 Å². The van der Waals surface area contributed by atoms with Crippen LogP contribution in [0.2, 0.25) is 0 Å². The lowest BCUT2D eigenvalue weighted by Gasteiger charge is -2.45. The van der Waals surface area contributed by atoms with Gasteiger partial charge in [0.2, 0.25) is 0 Å². The van der Waals surface area contributed by atoms with E-state index < -0.39 is 0 Å². The average molecular weight is 564 g/mol. The van der Waals surface area contributed by atoms with Crippen LogP contribution in [0.3, 0.4) is 0 Å². The van der Waals surface area contributed by atoms with Gasteiger partial charge in [0.25, 0.3) is 6.71 Å². The maximum Gasteiger partial charge on any atom is 0.252 e. The van der Waals surface area contributed by atoms with Crippen LogP contribution in [0.15, 0.2) is 109 Å². The first-order valence-corrected chi connectivity index (χ1v) is 15.6. The van der Waals surface area contributed by atoms with E-state index in [-0.39, 0.29) is 12.5 Å². The van der Waals surface area contributed by atoms with E-state index >= 15 is 0 Å². The molecule has 3 nitrogen and oxygen atoms in total. The molecule has 43 heavy (non-hydrogen) atoms. The van der Waals surface area contributed by atoms with Gasteiger partial charge in [0.1, 0.15) is 5.82 Å². The predicted octanol–water partition coefficient (Wildman–Crippen LogP) is 8.02. The molecule has 212 valence electrons. The molecule has 5 heteroatoms. The van der Waals surface area contributed by atoms with Crippen molar-refractivity contribution in [2.45, 2.75) is 38.0 Å². The van der Waals surface area contributed by atoms with Gasteiger partial charge in [-0.2, -0.15) is 0 Å². The number of halogens is 1. The molecule has 0 atom stereocenters. The highest BCUT2D eigenvalue weighted by molar-refractivity contribution is 7.00. The third kappa shape index (κ3) is 4.24. The number of anilines is 7. The van der Waals surface area contributed by atoms with Crippen molar-refractivity contribution in [3.05, 3.63) is 121 Å². The second-order valence-electron chi connectivity index (χ2n) is 12.4. The Labute approximate surface area is 254 Å². The lowest BCUT2D eigenvalue weighted by molar-refractivity contribution is 0.444. The average Bonchev–Trinajstić information content (AvgIpc) is 3.05. The largest absolute Gasteiger partial charge is 0.378 e. The second kappa shape index (κ2) is 10.3. The molecule has 2 heterocycles. The molecule has 0 radical (unpaired) electrons. The van der Waals surface area contributed by atoms with Crippen LogP contribution in [0.1, 0.15) is 43.6 Å². The predicted molar refractivity (Wildman–Crippen MR) is 181 cm³/mol. The van der Waals surface area contributed by atoms with Crippen LogP contribution in [-0.4, -0.2) is 20.8 Å². The number of benzene rings is 5. The quantitative estimate of drug-likeness (QED) is 0.201. The number of nitrogens with zero attached hydrogens (tertiary/aromatic N) is 3. The minimum Gasteiger partial charge on any atom is -0.378 e. The fourth-order valence-electron chi connectivity index (χ4n) is 7.63. The first-order valence-electron chi connectivity index (χ1n) is 15.6. The van der Waals surface area contributed by atoms with Crippen LogP contribution in [0, 0.1) is 5.82 Å². The molecular formula is C38H35BFN3. The van der Waals surface area contributed by atoms with Crippen molar-refractivity contribution in [1.29, 1.82) is 0 Å². The zero-order chi connectivity index (χ0) is 29.1. The third-order valence-electron chi connectivity index (χ3n) is 9.67. The number of hydrogen-bond acceptors (Lipinski definition) is 3. The molecule has 0 saturated heterocycles. The Bertz CT molecular complexity index is 1810. The van der Waals surface area contributed by atoms with E-state index in [1.165, 1.54) is 76.8 Å². The Morgan fingerprint density at radius 1 is 0.628 bits per heavy atom. The number of fused-ring (bicyclic) bond motifs is 4. The normalized spacial score (nSPS) is 15.6. The molecule has 0 amide bonds. The fourth-order valence-corrected chi connectivity index (χ4v) is 7.63. The van der Waals surface area contributed by atoms with Crippen molar-refractivity contribution < 1.29 is 4.39 Å². The van der Waals surface area contributed by atoms with Gasteiger partial charge >= 0.3 is 0 Å². The summed E-state index contributed by atoms with van der Waals surface area (Å²) in [5, 5.41) is 0. The molecule has 2 aliphatic heterocycles. The van der Waals surface area contributed by atoms with Crippen LogP contribution in [0.4, 0.5) is 44.2 Å². The summed E-state index contributed by atoms with van der Waals surface area (Å²) in [7, 11) is 4.22. The minimum absolute atomic E-state index is 0.0770. The molecule has 1 fully saturated rings. The van der Waals surface area contributed by atoms with E-state index in [1.807, 2.05) is 12.1 Å². The summed E-state index contributed by atoms with van der Waals surface area (Å²) in [6, 6.07) is 38.5. The molecule has 0 spiro atoms. The van der Waals surface area contributed by atoms with Crippen molar-refractivity contribution >= 4 is 62.9 Å². The summed E-state index contributed by atoms with van der Waals surface area (Å²) < 4.78 is 14.2. The van der Waals surface area contributed by atoms with Gasteiger partial charge in [-0.1, -0.05) is 55.7 Å². The Morgan fingerprint density at radius 2 is 1.26 bits per heavy atom. The van der Waals surface area contributed by atoms with Crippen LogP contribution in [0.25, 0.3) is 0 Å². The Morgan fingerprint density at radius 3 is 1.95 bits per heavy atom. The Kier molecular flexibility index (Phi) is 6.29. The molecule has 0 N–H and O–H groups in total. The van der Waals surface area contributed by atoms with E-state index in [2.05, 4.69) is 114 Å². The van der Waals surface area contributed by atoms with Crippen molar-refractivity contribution in [1.82, 2.24) is 0 Å². The summed E-state index contributed by atoms with van der Waals surface area (Å²) in [5.41, 5.74) is 13.5. The molecular weight excluding hydrogens is 528 g/mol. The van der Waals surface area contributed by atoms with Crippen LogP contribution >= 0.6 is 0 Å². The molecule has 1 aliphatic carbocycles. The zero-order valence-electron chi connectivity index (χ0n) is 24.8. The van der Waals surface area contributed by atoms with E-state index in [0.717, 1.165) is 17.1 Å². The molecule has 5 aromatic carbocycles. The second-order valence-corrected chi connectivity index (χ2v) is 12.4. The summed E-state index contributed by atoms with van der Waals surface area (Å²) >= 11 is 0. The molecule has 0 unspecified atom stereocenters. The van der Waals surface area contributed by atoms with Crippen LogP contribution in [0.5, 0.6) is 0 Å². The smallest absolute Gasteiger partial charge is 0.252 e.